The summed E-state index contributed by atoms with van der Waals surface area (Å²) in [4.78, 5) is 23.4. The van der Waals surface area contributed by atoms with E-state index in [0.29, 0.717) is 18.9 Å². The van der Waals surface area contributed by atoms with Gasteiger partial charge in [-0.25, -0.2) is 19.3 Å². The zero-order valence-electron chi connectivity index (χ0n) is 15.2. The summed E-state index contributed by atoms with van der Waals surface area (Å²) in [6.45, 7) is 10.6. The third-order valence-corrected chi connectivity index (χ3v) is 3.74. The van der Waals surface area contributed by atoms with Gasteiger partial charge >= 0.3 is 6.09 Å². The molecule has 0 amide bonds. The van der Waals surface area contributed by atoms with E-state index in [4.69, 9.17) is 14.5 Å². The molecule has 7 heteroatoms. The van der Waals surface area contributed by atoms with Crippen molar-refractivity contribution < 1.29 is 14.3 Å². The predicted molar refractivity (Wildman–Crippen MR) is 94.9 cm³/mol. The molecule has 0 atom stereocenters. The summed E-state index contributed by atoms with van der Waals surface area (Å²) in [5, 5.41) is 0. The number of pyridine rings is 1. The lowest BCUT2D eigenvalue weighted by Gasteiger charge is -2.28. The SMILES string of the molecule is Cc1cc(-c2cn(C(=O)OC(C)(C)C)cn2)nc(N2CCOCC2)c1. The van der Waals surface area contributed by atoms with Crippen molar-refractivity contribution in [2.75, 3.05) is 31.2 Å². The van der Waals surface area contributed by atoms with Gasteiger partial charge in [-0.1, -0.05) is 0 Å². The molecule has 0 spiro atoms. The van der Waals surface area contributed by atoms with Crippen molar-refractivity contribution in [3.8, 4) is 11.4 Å². The maximum absolute atomic E-state index is 12.1. The van der Waals surface area contributed by atoms with Crippen molar-refractivity contribution in [2.24, 2.45) is 0 Å². The van der Waals surface area contributed by atoms with E-state index in [1.807, 2.05) is 33.8 Å². The van der Waals surface area contributed by atoms with Crippen LogP contribution in [0.25, 0.3) is 11.4 Å². The van der Waals surface area contributed by atoms with E-state index in [1.165, 1.54) is 10.9 Å². The maximum Gasteiger partial charge on any atom is 0.419 e. The second kappa shape index (κ2) is 6.84. The molecular weight excluding hydrogens is 320 g/mol. The highest BCUT2D eigenvalue weighted by Gasteiger charge is 2.19. The number of anilines is 1. The molecule has 25 heavy (non-hydrogen) atoms. The fourth-order valence-corrected chi connectivity index (χ4v) is 2.60. The lowest BCUT2D eigenvalue weighted by Crippen LogP contribution is -2.36. The summed E-state index contributed by atoms with van der Waals surface area (Å²) < 4.78 is 12.1. The summed E-state index contributed by atoms with van der Waals surface area (Å²) in [6.07, 6.45) is 2.66. The number of imidazole rings is 1. The van der Waals surface area contributed by atoms with Crippen molar-refractivity contribution in [1.29, 1.82) is 0 Å². The monoisotopic (exact) mass is 344 g/mol. The Labute approximate surface area is 147 Å². The van der Waals surface area contributed by atoms with Crippen molar-refractivity contribution in [3.63, 3.8) is 0 Å². The third-order valence-electron chi connectivity index (χ3n) is 3.74. The molecule has 0 saturated carbocycles. The molecule has 0 unspecified atom stereocenters. The molecule has 0 bridgehead atoms. The van der Waals surface area contributed by atoms with Gasteiger partial charge in [0.1, 0.15) is 23.4 Å². The van der Waals surface area contributed by atoms with E-state index in [2.05, 4.69) is 16.0 Å². The molecule has 3 rings (SSSR count). The molecule has 3 heterocycles. The molecule has 2 aromatic heterocycles. The smallest absolute Gasteiger partial charge is 0.419 e. The quantitative estimate of drug-likeness (QED) is 0.834. The molecule has 1 saturated heterocycles. The number of carbonyl (C=O) groups excluding carboxylic acids is 1. The van der Waals surface area contributed by atoms with Crippen LogP contribution >= 0.6 is 0 Å². The fourth-order valence-electron chi connectivity index (χ4n) is 2.60. The van der Waals surface area contributed by atoms with Crippen LogP contribution in [0.1, 0.15) is 26.3 Å². The summed E-state index contributed by atoms with van der Waals surface area (Å²) in [7, 11) is 0. The van der Waals surface area contributed by atoms with E-state index in [-0.39, 0.29) is 0 Å². The first-order chi connectivity index (χ1) is 11.8. The highest BCUT2D eigenvalue weighted by molar-refractivity contribution is 5.72. The number of nitrogens with zero attached hydrogens (tertiary/aromatic N) is 4. The Kier molecular flexibility index (Phi) is 4.76. The fraction of sp³-hybridized carbons (Fsp3) is 0.500. The van der Waals surface area contributed by atoms with Crippen LogP contribution < -0.4 is 4.90 Å². The number of aromatic nitrogens is 3. The number of hydrogen-bond donors (Lipinski definition) is 0. The lowest BCUT2D eigenvalue weighted by molar-refractivity contribution is 0.0536. The normalized spacial score (nSPS) is 15.3. The largest absolute Gasteiger partial charge is 0.443 e. The van der Waals surface area contributed by atoms with E-state index in [9.17, 15) is 4.79 Å². The summed E-state index contributed by atoms with van der Waals surface area (Å²) in [6, 6.07) is 4.02. The topological polar surface area (TPSA) is 69.5 Å². The molecular formula is C18H24N4O3. The Morgan fingerprint density at radius 2 is 1.92 bits per heavy atom. The van der Waals surface area contributed by atoms with E-state index < -0.39 is 11.7 Å². The van der Waals surface area contributed by atoms with Gasteiger partial charge in [-0.15, -0.1) is 0 Å². The number of carbonyl (C=O) groups is 1. The van der Waals surface area contributed by atoms with Crippen LogP contribution in [0, 0.1) is 6.92 Å². The first-order valence-corrected chi connectivity index (χ1v) is 8.41. The Bertz CT molecular complexity index is 758. The van der Waals surface area contributed by atoms with Crippen LogP contribution in [0.2, 0.25) is 0 Å². The van der Waals surface area contributed by atoms with Gasteiger partial charge in [0.15, 0.2) is 0 Å². The van der Waals surface area contributed by atoms with Gasteiger partial charge in [-0.05, 0) is 45.4 Å². The average molecular weight is 344 g/mol. The number of aryl methyl sites for hydroxylation is 1. The Morgan fingerprint density at radius 1 is 1.20 bits per heavy atom. The number of ether oxygens (including phenoxy) is 2. The van der Waals surface area contributed by atoms with Crippen LogP contribution in [-0.2, 0) is 9.47 Å². The van der Waals surface area contributed by atoms with Gasteiger partial charge in [-0.3, -0.25) is 0 Å². The van der Waals surface area contributed by atoms with Crippen LogP contribution in [0.5, 0.6) is 0 Å². The van der Waals surface area contributed by atoms with Gasteiger partial charge in [0.05, 0.1) is 18.9 Å². The second-order valence-corrected chi connectivity index (χ2v) is 7.13. The molecule has 1 aliphatic rings. The van der Waals surface area contributed by atoms with Gasteiger partial charge in [-0.2, -0.15) is 0 Å². The van der Waals surface area contributed by atoms with Crippen LogP contribution in [0.3, 0.4) is 0 Å². The maximum atomic E-state index is 12.1. The van der Waals surface area contributed by atoms with Crippen molar-refractivity contribution in [1.82, 2.24) is 14.5 Å². The van der Waals surface area contributed by atoms with Gasteiger partial charge in [0, 0.05) is 19.3 Å². The standard InChI is InChI=1S/C18H24N4O3/c1-13-9-14(20-16(10-13)21-5-7-24-8-6-21)15-11-22(12-19-15)17(23)25-18(2,3)4/h9-12H,5-8H2,1-4H3. The van der Waals surface area contributed by atoms with Crippen molar-refractivity contribution in [2.45, 2.75) is 33.3 Å². The van der Waals surface area contributed by atoms with Gasteiger partial charge < -0.3 is 14.4 Å². The lowest BCUT2D eigenvalue weighted by atomic mass is 10.2. The van der Waals surface area contributed by atoms with Crippen LogP contribution in [0.15, 0.2) is 24.7 Å². The molecule has 7 nitrogen and oxygen atoms in total. The zero-order chi connectivity index (χ0) is 18.0. The first-order valence-electron chi connectivity index (χ1n) is 8.41. The Balaban J connectivity index is 1.84. The minimum absolute atomic E-state index is 0.452. The molecule has 1 fully saturated rings. The molecule has 2 aromatic rings. The average Bonchev–Trinajstić information content (AvgIpc) is 3.04. The molecule has 134 valence electrons. The van der Waals surface area contributed by atoms with E-state index in [1.54, 1.807) is 6.20 Å². The van der Waals surface area contributed by atoms with E-state index >= 15 is 0 Å². The molecule has 0 aromatic carbocycles. The minimum Gasteiger partial charge on any atom is -0.443 e. The highest BCUT2D eigenvalue weighted by atomic mass is 16.6. The molecule has 0 radical (unpaired) electrons. The van der Waals surface area contributed by atoms with Gasteiger partial charge in [0.2, 0.25) is 0 Å². The summed E-state index contributed by atoms with van der Waals surface area (Å²) >= 11 is 0. The third kappa shape index (κ3) is 4.36. The Hall–Kier alpha value is -2.41. The second-order valence-electron chi connectivity index (χ2n) is 7.13. The minimum atomic E-state index is -0.549. The number of hydrogen-bond acceptors (Lipinski definition) is 6. The van der Waals surface area contributed by atoms with Crippen LogP contribution in [-0.4, -0.2) is 52.5 Å². The van der Waals surface area contributed by atoms with E-state index in [0.717, 1.165) is 30.2 Å². The van der Waals surface area contributed by atoms with Crippen molar-refractivity contribution >= 4 is 11.9 Å². The van der Waals surface area contributed by atoms with Crippen LogP contribution in [0.4, 0.5) is 10.6 Å². The first kappa shape index (κ1) is 17.4. The molecule has 0 aliphatic carbocycles. The molecule has 0 N–H and O–H groups in total. The zero-order valence-corrected chi connectivity index (χ0v) is 15.2. The number of morpholine rings is 1. The van der Waals surface area contributed by atoms with Crippen molar-refractivity contribution in [3.05, 3.63) is 30.2 Å². The summed E-state index contributed by atoms with van der Waals surface area (Å²) in [5.41, 5.74) is 1.93. The highest BCUT2D eigenvalue weighted by Crippen LogP contribution is 2.22. The Morgan fingerprint density at radius 3 is 2.60 bits per heavy atom. The summed E-state index contributed by atoms with van der Waals surface area (Å²) in [5.74, 6) is 0.908. The number of rotatable bonds is 2. The predicted octanol–water partition coefficient (Wildman–Crippen LogP) is 2.87. The van der Waals surface area contributed by atoms with Gasteiger partial charge in [0.25, 0.3) is 0 Å². The molecule has 1 aliphatic heterocycles.